The van der Waals surface area contributed by atoms with Crippen molar-refractivity contribution in [3.8, 4) is 5.75 Å². The Bertz CT molecular complexity index is 706. The molecule has 1 heterocycles. The number of pyridine rings is 1. The van der Waals surface area contributed by atoms with Crippen molar-refractivity contribution < 1.29 is 14.5 Å². The van der Waals surface area contributed by atoms with Crippen LogP contribution in [-0.4, -0.2) is 22.9 Å². The molecule has 0 unspecified atom stereocenters. The molecule has 0 fully saturated rings. The SMILES string of the molecule is COc1cccc(NC(=O)c2ccnc(Cl)c2[N+](=O)[O-])c1. The lowest BCUT2D eigenvalue weighted by Crippen LogP contribution is -2.14. The van der Waals surface area contributed by atoms with Crippen LogP contribution in [0.5, 0.6) is 5.75 Å². The molecule has 0 aliphatic rings. The number of aromatic nitrogens is 1. The van der Waals surface area contributed by atoms with E-state index in [-0.39, 0.29) is 10.7 Å². The molecule has 1 aromatic heterocycles. The highest BCUT2D eigenvalue weighted by atomic mass is 35.5. The second-order valence-corrected chi connectivity index (χ2v) is 4.30. The molecule has 1 N–H and O–H groups in total. The molecule has 2 aromatic rings. The fraction of sp³-hybridized carbons (Fsp3) is 0.0769. The number of methoxy groups -OCH3 is 1. The standard InChI is InChI=1S/C13H10ClN3O4/c1-21-9-4-2-3-8(7-9)16-13(18)10-5-6-15-12(14)11(10)17(19)20/h2-7H,1H3,(H,16,18). The van der Waals surface area contributed by atoms with Gasteiger partial charge in [0.05, 0.1) is 12.0 Å². The number of ether oxygens (including phenoxy) is 1. The third-order valence-corrected chi connectivity index (χ3v) is 2.91. The van der Waals surface area contributed by atoms with E-state index in [1.807, 2.05) is 0 Å². The van der Waals surface area contributed by atoms with Gasteiger partial charge < -0.3 is 10.1 Å². The Balaban J connectivity index is 2.32. The van der Waals surface area contributed by atoms with Crippen LogP contribution in [0.2, 0.25) is 5.15 Å². The Labute approximate surface area is 124 Å². The number of amides is 1. The van der Waals surface area contributed by atoms with Gasteiger partial charge in [0.1, 0.15) is 11.3 Å². The van der Waals surface area contributed by atoms with Gasteiger partial charge in [0.25, 0.3) is 5.91 Å². The lowest BCUT2D eigenvalue weighted by molar-refractivity contribution is -0.385. The van der Waals surface area contributed by atoms with Crippen molar-refractivity contribution in [2.45, 2.75) is 0 Å². The summed E-state index contributed by atoms with van der Waals surface area (Å²) in [5.74, 6) is -0.102. The largest absolute Gasteiger partial charge is 0.497 e. The van der Waals surface area contributed by atoms with E-state index in [9.17, 15) is 14.9 Å². The number of carbonyl (C=O) groups is 1. The van der Waals surface area contributed by atoms with E-state index >= 15 is 0 Å². The number of carbonyl (C=O) groups excluding carboxylic acids is 1. The van der Waals surface area contributed by atoms with Gasteiger partial charge in [0, 0.05) is 18.0 Å². The minimum atomic E-state index is -0.740. The molecule has 2 rings (SSSR count). The number of rotatable bonds is 4. The van der Waals surface area contributed by atoms with Gasteiger partial charge in [-0.3, -0.25) is 14.9 Å². The highest BCUT2D eigenvalue weighted by Crippen LogP contribution is 2.27. The number of hydrogen-bond acceptors (Lipinski definition) is 5. The number of benzene rings is 1. The molecular weight excluding hydrogens is 298 g/mol. The maximum absolute atomic E-state index is 12.1. The smallest absolute Gasteiger partial charge is 0.319 e. The van der Waals surface area contributed by atoms with E-state index in [0.29, 0.717) is 11.4 Å². The van der Waals surface area contributed by atoms with Gasteiger partial charge >= 0.3 is 5.69 Å². The summed E-state index contributed by atoms with van der Waals surface area (Å²) in [6, 6.07) is 7.85. The summed E-state index contributed by atoms with van der Waals surface area (Å²) in [6.45, 7) is 0. The van der Waals surface area contributed by atoms with Gasteiger partial charge in [-0.05, 0) is 18.2 Å². The van der Waals surface area contributed by atoms with E-state index in [1.165, 1.54) is 19.4 Å². The number of anilines is 1. The van der Waals surface area contributed by atoms with Crippen molar-refractivity contribution in [2.75, 3.05) is 12.4 Å². The normalized spacial score (nSPS) is 10.0. The molecular formula is C13H10ClN3O4. The Morgan fingerprint density at radius 2 is 2.19 bits per heavy atom. The van der Waals surface area contributed by atoms with Crippen LogP contribution in [-0.2, 0) is 0 Å². The zero-order valence-corrected chi connectivity index (χ0v) is 11.6. The average molecular weight is 308 g/mol. The van der Waals surface area contributed by atoms with Gasteiger partial charge in [-0.1, -0.05) is 17.7 Å². The molecule has 0 aliphatic heterocycles. The predicted molar refractivity (Wildman–Crippen MR) is 76.8 cm³/mol. The molecule has 0 spiro atoms. The molecule has 0 saturated carbocycles. The molecule has 108 valence electrons. The van der Waals surface area contributed by atoms with Crippen LogP contribution in [0.25, 0.3) is 0 Å². The highest BCUT2D eigenvalue weighted by molar-refractivity contribution is 6.32. The summed E-state index contributed by atoms with van der Waals surface area (Å²) in [6.07, 6.45) is 1.23. The van der Waals surface area contributed by atoms with E-state index < -0.39 is 16.5 Å². The molecule has 1 amide bonds. The second kappa shape index (κ2) is 6.19. The van der Waals surface area contributed by atoms with Crippen molar-refractivity contribution >= 4 is 28.9 Å². The van der Waals surface area contributed by atoms with Crippen LogP contribution in [0.3, 0.4) is 0 Å². The highest BCUT2D eigenvalue weighted by Gasteiger charge is 2.24. The van der Waals surface area contributed by atoms with Crippen molar-refractivity contribution in [3.05, 3.63) is 57.4 Å². The zero-order valence-electron chi connectivity index (χ0n) is 10.9. The van der Waals surface area contributed by atoms with Gasteiger partial charge in [-0.15, -0.1) is 0 Å². The van der Waals surface area contributed by atoms with Crippen LogP contribution >= 0.6 is 11.6 Å². The summed E-state index contributed by atoms with van der Waals surface area (Å²) in [5, 5.41) is 13.2. The van der Waals surface area contributed by atoms with Crippen LogP contribution in [0.15, 0.2) is 36.5 Å². The first-order valence-electron chi connectivity index (χ1n) is 5.77. The van der Waals surface area contributed by atoms with Gasteiger partial charge in [-0.2, -0.15) is 0 Å². The summed E-state index contributed by atoms with van der Waals surface area (Å²) >= 11 is 5.67. The summed E-state index contributed by atoms with van der Waals surface area (Å²) in [4.78, 5) is 26.0. The Morgan fingerprint density at radius 3 is 2.86 bits per heavy atom. The monoisotopic (exact) mass is 307 g/mol. The Kier molecular flexibility index (Phi) is 4.34. The molecule has 7 nitrogen and oxygen atoms in total. The number of hydrogen-bond donors (Lipinski definition) is 1. The summed E-state index contributed by atoms with van der Waals surface area (Å²) < 4.78 is 5.03. The third-order valence-electron chi connectivity index (χ3n) is 2.63. The quantitative estimate of drug-likeness (QED) is 0.532. The number of nitrogens with one attached hydrogen (secondary N) is 1. The molecule has 0 saturated heterocycles. The third kappa shape index (κ3) is 3.26. The predicted octanol–water partition coefficient (Wildman–Crippen LogP) is 2.90. The molecule has 0 atom stereocenters. The average Bonchev–Trinajstić information content (AvgIpc) is 2.46. The first-order valence-corrected chi connectivity index (χ1v) is 6.15. The van der Waals surface area contributed by atoms with Gasteiger partial charge in [0.15, 0.2) is 0 Å². The van der Waals surface area contributed by atoms with Crippen LogP contribution < -0.4 is 10.1 Å². The fourth-order valence-corrected chi connectivity index (χ4v) is 1.91. The lowest BCUT2D eigenvalue weighted by atomic mass is 10.2. The van der Waals surface area contributed by atoms with E-state index in [0.717, 1.165) is 0 Å². The summed E-state index contributed by atoms with van der Waals surface area (Å²) in [5.41, 5.74) is -0.246. The maximum atomic E-state index is 12.1. The van der Waals surface area contributed by atoms with E-state index in [1.54, 1.807) is 24.3 Å². The Morgan fingerprint density at radius 1 is 1.43 bits per heavy atom. The molecule has 0 radical (unpaired) electrons. The maximum Gasteiger partial charge on any atom is 0.319 e. The molecule has 8 heteroatoms. The van der Waals surface area contributed by atoms with Crippen molar-refractivity contribution in [1.82, 2.24) is 4.98 Å². The first-order chi connectivity index (χ1) is 10.0. The molecule has 0 aliphatic carbocycles. The Hall–Kier alpha value is -2.67. The van der Waals surface area contributed by atoms with Crippen molar-refractivity contribution in [2.24, 2.45) is 0 Å². The lowest BCUT2D eigenvalue weighted by Gasteiger charge is -2.07. The van der Waals surface area contributed by atoms with E-state index in [4.69, 9.17) is 16.3 Å². The first kappa shape index (κ1) is 14.7. The fourth-order valence-electron chi connectivity index (χ4n) is 1.68. The van der Waals surface area contributed by atoms with Crippen molar-refractivity contribution in [1.29, 1.82) is 0 Å². The second-order valence-electron chi connectivity index (χ2n) is 3.94. The number of nitrogens with zero attached hydrogens (tertiary/aromatic N) is 2. The van der Waals surface area contributed by atoms with Gasteiger partial charge in [0.2, 0.25) is 5.15 Å². The number of halogens is 1. The molecule has 0 bridgehead atoms. The van der Waals surface area contributed by atoms with Crippen LogP contribution in [0.4, 0.5) is 11.4 Å². The van der Waals surface area contributed by atoms with Crippen molar-refractivity contribution in [3.63, 3.8) is 0 Å². The topological polar surface area (TPSA) is 94.4 Å². The van der Waals surface area contributed by atoms with Crippen LogP contribution in [0, 0.1) is 10.1 Å². The molecule has 21 heavy (non-hydrogen) atoms. The number of nitro groups is 1. The van der Waals surface area contributed by atoms with Crippen LogP contribution in [0.1, 0.15) is 10.4 Å². The summed E-state index contributed by atoms with van der Waals surface area (Å²) in [7, 11) is 1.49. The van der Waals surface area contributed by atoms with Gasteiger partial charge in [-0.25, -0.2) is 4.98 Å². The minimum absolute atomic E-state index is 0.164. The zero-order chi connectivity index (χ0) is 15.4. The minimum Gasteiger partial charge on any atom is -0.497 e. The van der Waals surface area contributed by atoms with E-state index in [2.05, 4.69) is 10.3 Å². The molecule has 1 aromatic carbocycles.